The third kappa shape index (κ3) is 11.3. The molecule has 22 aromatic carbocycles. The van der Waals surface area contributed by atoms with Crippen LogP contribution in [0.2, 0.25) is 0 Å². The summed E-state index contributed by atoms with van der Waals surface area (Å²) in [6.45, 7) is 0. The molecular weight excluding hydrogens is 1650 g/mol. The Bertz CT molecular complexity index is 9930. The second-order valence-electron chi connectivity index (χ2n) is 34.4. The highest BCUT2D eigenvalue weighted by Gasteiger charge is 2.28. The Hall–Kier alpha value is -16.4. The predicted octanol–water partition coefficient (Wildman–Crippen LogP) is 34.6. The summed E-state index contributed by atoms with van der Waals surface area (Å²) in [5.74, 6) is 1.43. The molecule has 6 nitrogen and oxygen atoms in total. The first kappa shape index (κ1) is 73.8. The van der Waals surface area contributed by atoms with Crippen molar-refractivity contribution in [3.8, 4) is 78.9 Å². The lowest BCUT2D eigenvalue weighted by Gasteiger charge is -2.15. The SMILES string of the molecule is c1ccc(-c2ccc(-c3nc(-c4ccc5sc6ccc(-n7c8ccccc8c8c9ccccc9c9c%10ccccc%10sc9c87)cc6c5c4)nc4c5ccccc5c5ccccc5c34)cc2)cc1.c1ccc2cc(-c3nc(-c4ccc(-c5ccc(-n6c7ccccc7c7c8ccccc8c8c9ccccc9sc8c76)cc5)cc4)nc4c5ccccc5c5ccccc5c34)ccc2c1. The van der Waals surface area contributed by atoms with Gasteiger partial charge in [0.05, 0.1) is 53.9 Å². The minimum atomic E-state index is 0.712. The van der Waals surface area contributed by atoms with E-state index in [4.69, 9.17) is 19.9 Å². The quantitative estimate of drug-likeness (QED) is 0.142. The minimum absolute atomic E-state index is 0.712. The number of fused-ring (bicyclic) bond motifs is 36. The highest BCUT2D eigenvalue weighted by molar-refractivity contribution is 7.27. The summed E-state index contributed by atoms with van der Waals surface area (Å²) in [4.78, 5) is 21.9. The molecule has 606 valence electrons. The van der Waals surface area contributed by atoms with Crippen LogP contribution in [0.25, 0.3) is 280 Å². The van der Waals surface area contributed by atoms with E-state index < -0.39 is 0 Å². The van der Waals surface area contributed by atoms with E-state index in [0.29, 0.717) is 11.6 Å². The molecule has 0 bridgehead atoms. The van der Waals surface area contributed by atoms with Crippen molar-refractivity contribution in [1.82, 2.24) is 29.1 Å². The van der Waals surface area contributed by atoms with Crippen molar-refractivity contribution in [3.05, 3.63) is 425 Å². The Kier molecular flexibility index (Phi) is 16.4. The van der Waals surface area contributed by atoms with Gasteiger partial charge in [-0.15, -0.1) is 34.0 Å². The van der Waals surface area contributed by atoms with Crippen molar-refractivity contribution in [1.29, 1.82) is 0 Å². The molecule has 0 saturated heterocycles. The van der Waals surface area contributed by atoms with Gasteiger partial charge >= 0.3 is 0 Å². The van der Waals surface area contributed by atoms with Crippen LogP contribution in [-0.4, -0.2) is 29.1 Å². The minimum Gasteiger partial charge on any atom is -0.308 e. The van der Waals surface area contributed by atoms with Gasteiger partial charge < -0.3 is 9.13 Å². The average molecular weight is 1720 g/mol. The van der Waals surface area contributed by atoms with Crippen molar-refractivity contribution in [2.24, 2.45) is 0 Å². The van der Waals surface area contributed by atoms with Crippen molar-refractivity contribution < 1.29 is 0 Å². The van der Waals surface area contributed by atoms with Crippen molar-refractivity contribution in [3.63, 3.8) is 0 Å². The summed E-state index contributed by atoms with van der Waals surface area (Å²) < 4.78 is 12.8. The monoisotopic (exact) mass is 1710 g/mol. The molecule has 0 saturated carbocycles. The van der Waals surface area contributed by atoms with Gasteiger partial charge in [-0.05, 0) is 166 Å². The molecular formula is C122H70N6S3. The molecule has 0 N–H and O–H groups in total. The normalized spacial score (nSPS) is 12.1. The van der Waals surface area contributed by atoms with Crippen LogP contribution >= 0.6 is 34.0 Å². The highest BCUT2D eigenvalue weighted by atomic mass is 32.1. The average Bonchev–Trinajstić information content (AvgIpc) is 1.54. The molecule has 7 heterocycles. The summed E-state index contributed by atoms with van der Waals surface area (Å²) in [7, 11) is 0. The molecule has 9 heteroatoms. The number of rotatable bonds is 8. The predicted molar refractivity (Wildman–Crippen MR) is 562 cm³/mol. The van der Waals surface area contributed by atoms with E-state index in [0.717, 1.165) is 99.5 Å². The standard InChI is InChI=1S/C62H35N3S2.C60H35N3S/c1-2-14-36(15-3-1)37-26-28-38(29-27-37)58-57-43-18-6-4-16-41(43)42-17-5-9-21-46(42)59(57)64-62(63-58)39-30-32-53-49(34-39)50-35-40(31-33-54(50)66-53)65-51-24-12-10-22-47(51)55-44-19-7-8-20-45(44)56-48-23-11-13-25-52(48)67-61(56)60(55)65;1-2-14-40-35-41(30-27-36(40)13-1)56-55-45-17-5-3-15-43(45)44-16-4-8-20-48(44)57(55)62-60(61-56)39-28-25-37(26-29-39)38-31-33-42(34-32-38)63-51-23-11-9-21-49(51)53-46-18-6-7-19-47(46)54-50-22-10-12-24-52(50)64-59(54)58(53)63/h1-35H;1-35H. The van der Waals surface area contributed by atoms with Crippen LogP contribution in [0, 0.1) is 0 Å². The fraction of sp³-hybridized carbons (Fsp3) is 0. The lowest BCUT2D eigenvalue weighted by Crippen LogP contribution is -1.97. The molecule has 0 aliphatic rings. The largest absolute Gasteiger partial charge is 0.308 e. The Balaban J connectivity index is 0.000000132. The maximum absolute atomic E-state index is 5.56. The van der Waals surface area contributed by atoms with Gasteiger partial charge in [-0.1, -0.05) is 346 Å². The third-order valence-corrected chi connectivity index (χ3v) is 30.8. The van der Waals surface area contributed by atoms with E-state index >= 15 is 0 Å². The Morgan fingerprint density at radius 2 is 0.511 bits per heavy atom. The van der Waals surface area contributed by atoms with E-state index in [-0.39, 0.29) is 0 Å². The van der Waals surface area contributed by atoms with E-state index in [1.807, 2.05) is 34.0 Å². The van der Waals surface area contributed by atoms with E-state index in [1.54, 1.807) is 0 Å². The first-order valence-corrected chi connectivity index (χ1v) is 47.0. The molecule has 131 heavy (non-hydrogen) atoms. The Labute approximate surface area is 762 Å². The lowest BCUT2D eigenvalue weighted by molar-refractivity contribution is 1.19. The summed E-state index contributed by atoms with van der Waals surface area (Å²) in [5, 5.41) is 32.0. The molecule has 0 radical (unpaired) electrons. The highest BCUT2D eigenvalue weighted by Crippen LogP contribution is 2.53. The topological polar surface area (TPSA) is 61.4 Å². The van der Waals surface area contributed by atoms with Crippen LogP contribution in [0.1, 0.15) is 0 Å². The summed E-state index contributed by atoms with van der Waals surface area (Å²) >= 11 is 5.65. The lowest BCUT2D eigenvalue weighted by atomic mass is 9.93. The fourth-order valence-corrected chi connectivity index (χ4v) is 25.0. The summed E-state index contributed by atoms with van der Waals surface area (Å²) in [6, 6.07) is 155. The van der Waals surface area contributed by atoms with Crippen LogP contribution in [0.3, 0.4) is 0 Å². The van der Waals surface area contributed by atoms with Gasteiger partial charge in [-0.3, -0.25) is 0 Å². The third-order valence-electron chi connectivity index (χ3n) is 27.3. The van der Waals surface area contributed by atoms with E-state index in [9.17, 15) is 0 Å². The number of aromatic nitrogens is 6. The van der Waals surface area contributed by atoms with E-state index in [2.05, 4.69) is 434 Å². The maximum atomic E-state index is 5.56. The van der Waals surface area contributed by atoms with Crippen molar-refractivity contribution in [2.75, 3.05) is 0 Å². The van der Waals surface area contributed by atoms with Crippen molar-refractivity contribution >= 4 is 235 Å². The van der Waals surface area contributed by atoms with Gasteiger partial charge in [0.1, 0.15) is 0 Å². The van der Waals surface area contributed by atoms with Gasteiger partial charge in [-0.2, -0.15) is 0 Å². The second kappa shape index (κ2) is 29.1. The summed E-state index contributed by atoms with van der Waals surface area (Å²) in [6.07, 6.45) is 0. The molecule has 29 aromatic rings. The molecule has 0 fully saturated rings. The van der Waals surface area contributed by atoms with Crippen LogP contribution in [0.5, 0.6) is 0 Å². The maximum Gasteiger partial charge on any atom is 0.160 e. The first-order valence-electron chi connectivity index (χ1n) is 44.5. The molecule has 0 spiro atoms. The van der Waals surface area contributed by atoms with Crippen LogP contribution in [-0.2, 0) is 0 Å². The molecule has 29 rings (SSSR count). The number of thiophene rings is 3. The van der Waals surface area contributed by atoms with Crippen LogP contribution in [0.4, 0.5) is 0 Å². The fourth-order valence-electron chi connectivity index (χ4n) is 21.5. The molecule has 0 atom stereocenters. The molecule has 0 aliphatic heterocycles. The van der Waals surface area contributed by atoms with Crippen LogP contribution < -0.4 is 0 Å². The van der Waals surface area contributed by atoms with Gasteiger partial charge in [0, 0.05) is 128 Å². The smallest absolute Gasteiger partial charge is 0.160 e. The molecule has 7 aromatic heterocycles. The Morgan fingerprint density at radius 3 is 1.04 bits per heavy atom. The zero-order valence-electron chi connectivity index (χ0n) is 70.3. The number of nitrogens with zero attached hydrogens (tertiary/aromatic N) is 6. The number of hydrogen-bond acceptors (Lipinski definition) is 7. The zero-order chi connectivity index (χ0) is 85.6. The van der Waals surface area contributed by atoms with Crippen molar-refractivity contribution in [2.45, 2.75) is 0 Å². The molecule has 0 amide bonds. The second-order valence-corrected chi connectivity index (χ2v) is 37.6. The van der Waals surface area contributed by atoms with Crippen LogP contribution in [0.15, 0.2) is 425 Å². The molecule has 0 unspecified atom stereocenters. The van der Waals surface area contributed by atoms with Gasteiger partial charge in [-0.25, -0.2) is 19.9 Å². The number of hydrogen-bond donors (Lipinski definition) is 0. The summed E-state index contributed by atoms with van der Waals surface area (Å²) in [5.41, 5.74) is 19.8. The van der Waals surface area contributed by atoms with Gasteiger partial charge in [0.2, 0.25) is 0 Å². The van der Waals surface area contributed by atoms with Gasteiger partial charge in [0.15, 0.2) is 11.6 Å². The number of para-hydroxylation sites is 2. The zero-order valence-corrected chi connectivity index (χ0v) is 72.8. The number of benzene rings is 22. The van der Waals surface area contributed by atoms with E-state index in [1.165, 1.54) is 169 Å². The molecule has 0 aliphatic carbocycles. The Morgan fingerprint density at radius 1 is 0.176 bits per heavy atom. The first-order chi connectivity index (χ1) is 65.0. The van der Waals surface area contributed by atoms with Gasteiger partial charge in [0.25, 0.3) is 0 Å².